The molecule has 0 unspecified atom stereocenters. The molecule has 0 saturated heterocycles. The van der Waals surface area contributed by atoms with Crippen LogP contribution >= 0.6 is 0 Å². The maximum Gasteiger partial charge on any atom is 0.241 e. The van der Waals surface area contributed by atoms with Gasteiger partial charge in [0, 0.05) is 17.8 Å². The Morgan fingerprint density at radius 1 is 1.35 bits per heavy atom. The summed E-state index contributed by atoms with van der Waals surface area (Å²) < 4.78 is 0. The number of rotatable bonds is 4. The molecule has 3 aromatic rings. The molecule has 2 aromatic heterocycles. The number of hydrogen-bond acceptors (Lipinski definition) is 4. The molecular weight excluding hydrogens is 292 g/mol. The number of nitrogens with two attached hydrogens (primary N) is 1. The zero-order chi connectivity index (χ0) is 16.6. The Bertz CT molecular complexity index is 843. The topological polar surface area (TPSA) is 112 Å². The predicted molar refractivity (Wildman–Crippen MR) is 87.7 cm³/mol. The van der Waals surface area contributed by atoms with Crippen molar-refractivity contribution < 1.29 is 4.79 Å². The summed E-state index contributed by atoms with van der Waals surface area (Å²) in [6.07, 6.45) is 0. The van der Waals surface area contributed by atoms with Gasteiger partial charge >= 0.3 is 0 Å². The minimum absolute atomic E-state index is 0.224. The summed E-state index contributed by atoms with van der Waals surface area (Å²) in [6.45, 7) is 6.02. The molecular formula is C16H20N6O. The van der Waals surface area contributed by atoms with E-state index >= 15 is 0 Å². The van der Waals surface area contributed by atoms with E-state index in [2.05, 4.69) is 25.5 Å². The molecule has 5 N–H and O–H groups in total. The van der Waals surface area contributed by atoms with Crippen molar-refractivity contribution in [2.24, 2.45) is 5.73 Å². The second-order valence-electron chi connectivity index (χ2n) is 5.72. The fourth-order valence-electron chi connectivity index (χ4n) is 2.74. The molecule has 0 spiro atoms. The van der Waals surface area contributed by atoms with E-state index in [1.807, 2.05) is 39.0 Å². The third-order valence-electron chi connectivity index (χ3n) is 3.91. The lowest BCUT2D eigenvalue weighted by Gasteiger charge is -2.13. The first-order valence-electron chi connectivity index (χ1n) is 7.45. The summed E-state index contributed by atoms with van der Waals surface area (Å²) in [5.74, 6) is 0.646. The van der Waals surface area contributed by atoms with Crippen molar-refractivity contribution in [3.8, 4) is 0 Å². The molecule has 0 aliphatic carbocycles. The number of aromatic nitrogens is 4. The molecule has 0 aliphatic heterocycles. The molecule has 7 heteroatoms. The first kappa shape index (κ1) is 15.2. The molecule has 0 bridgehead atoms. The van der Waals surface area contributed by atoms with Gasteiger partial charge in [-0.15, -0.1) is 0 Å². The third-order valence-corrected chi connectivity index (χ3v) is 3.91. The number of nitrogens with zero attached hydrogens (tertiary/aromatic N) is 2. The van der Waals surface area contributed by atoms with Gasteiger partial charge in [-0.2, -0.15) is 5.10 Å². The van der Waals surface area contributed by atoms with Crippen molar-refractivity contribution in [1.82, 2.24) is 25.5 Å². The molecule has 23 heavy (non-hydrogen) atoms. The highest BCUT2D eigenvalue weighted by atomic mass is 16.2. The molecule has 0 radical (unpaired) electrons. The summed E-state index contributed by atoms with van der Waals surface area (Å²) in [4.78, 5) is 19.8. The minimum atomic E-state index is -0.730. The van der Waals surface area contributed by atoms with Crippen molar-refractivity contribution in [3.05, 3.63) is 46.5 Å². The number of nitrogens with one attached hydrogen (secondary N) is 3. The van der Waals surface area contributed by atoms with Crippen molar-refractivity contribution in [3.63, 3.8) is 0 Å². The Morgan fingerprint density at radius 3 is 2.83 bits per heavy atom. The number of amides is 1. The van der Waals surface area contributed by atoms with Crippen molar-refractivity contribution >= 4 is 16.9 Å². The van der Waals surface area contributed by atoms with E-state index < -0.39 is 6.04 Å². The van der Waals surface area contributed by atoms with E-state index in [9.17, 15) is 4.79 Å². The van der Waals surface area contributed by atoms with Gasteiger partial charge in [-0.3, -0.25) is 9.89 Å². The Morgan fingerprint density at radius 2 is 2.13 bits per heavy atom. The Kier molecular flexibility index (Phi) is 3.87. The number of fused-ring (bicyclic) bond motifs is 1. The minimum Gasteiger partial charge on any atom is -0.350 e. The largest absolute Gasteiger partial charge is 0.350 e. The molecule has 3 rings (SSSR count). The smallest absolute Gasteiger partial charge is 0.241 e. The number of hydrogen-bond donors (Lipinski definition) is 4. The summed E-state index contributed by atoms with van der Waals surface area (Å²) in [5.41, 5.74) is 11.2. The van der Waals surface area contributed by atoms with Crippen LogP contribution in [0.1, 0.15) is 34.4 Å². The van der Waals surface area contributed by atoms with Crippen LogP contribution in [0.3, 0.4) is 0 Å². The molecule has 1 amide bonds. The summed E-state index contributed by atoms with van der Waals surface area (Å²) in [6, 6.07) is 5.13. The monoisotopic (exact) mass is 312 g/mol. The van der Waals surface area contributed by atoms with Crippen LogP contribution in [0.25, 0.3) is 11.0 Å². The van der Waals surface area contributed by atoms with Crippen LogP contribution in [-0.2, 0) is 11.3 Å². The van der Waals surface area contributed by atoms with E-state index in [-0.39, 0.29) is 5.91 Å². The van der Waals surface area contributed by atoms with Crippen LogP contribution in [0.15, 0.2) is 18.2 Å². The Hall–Kier alpha value is -2.67. The van der Waals surface area contributed by atoms with E-state index in [0.29, 0.717) is 6.54 Å². The molecule has 7 nitrogen and oxygen atoms in total. The SMILES string of the molecule is Cc1nc2ccc(CNC(=O)[C@H](N)c3c(C)n[nH]c3C)cc2[nH]1. The van der Waals surface area contributed by atoms with Crippen LogP contribution in [0.2, 0.25) is 0 Å². The normalized spacial score (nSPS) is 12.5. The number of H-pyrrole nitrogens is 2. The van der Waals surface area contributed by atoms with Gasteiger partial charge in [0.1, 0.15) is 11.9 Å². The first-order valence-corrected chi connectivity index (χ1v) is 7.45. The average molecular weight is 312 g/mol. The zero-order valence-corrected chi connectivity index (χ0v) is 13.4. The lowest BCUT2D eigenvalue weighted by Crippen LogP contribution is -2.34. The van der Waals surface area contributed by atoms with Crippen LogP contribution in [-0.4, -0.2) is 26.1 Å². The fraction of sp³-hybridized carbons (Fsp3) is 0.312. The van der Waals surface area contributed by atoms with E-state index in [4.69, 9.17) is 5.73 Å². The van der Waals surface area contributed by atoms with Crippen molar-refractivity contribution in [2.45, 2.75) is 33.4 Å². The third kappa shape index (κ3) is 2.95. The van der Waals surface area contributed by atoms with E-state index in [1.54, 1.807) is 0 Å². The van der Waals surface area contributed by atoms with Crippen LogP contribution in [0.5, 0.6) is 0 Å². The molecule has 0 fully saturated rings. The van der Waals surface area contributed by atoms with Crippen molar-refractivity contribution in [1.29, 1.82) is 0 Å². The van der Waals surface area contributed by atoms with Gasteiger partial charge in [-0.05, 0) is 38.5 Å². The molecule has 1 atom stereocenters. The quantitative estimate of drug-likeness (QED) is 0.585. The number of imidazole rings is 1. The fourth-order valence-corrected chi connectivity index (χ4v) is 2.74. The van der Waals surface area contributed by atoms with Gasteiger partial charge in [-0.25, -0.2) is 4.98 Å². The lowest BCUT2D eigenvalue weighted by molar-refractivity contribution is -0.122. The van der Waals surface area contributed by atoms with Gasteiger partial charge < -0.3 is 16.0 Å². The lowest BCUT2D eigenvalue weighted by atomic mass is 10.1. The summed E-state index contributed by atoms with van der Waals surface area (Å²) in [7, 11) is 0. The number of benzene rings is 1. The van der Waals surface area contributed by atoms with Crippen LogP contribution < -0.4 is 11.1 Å². The van der Waals surface area contributed by atoms with Gasteiger partial charge in [0.2, 0.25) is 5.91 Å². The summed E-state index contributed by atoms with van der Waals surface area (Å²) in [5, 5.41) is 9.80. The standard InChI is InChI=1S/C16H20N6O/c1-8-14(9(2)22-21-8)15(17)16(23)18-7-11-4-5-12-13(6-11)20-10(3)19-12/h4-6,15H,7,17H2,1-3H3,(H,18,23)(H,19,20)(H,21,22)/t15-/m1/s1. The Balaban J connectivity index is 1.70. The molecule has 0 saturated carbocycles. The van der Waals surface area contributed by atoms with E-state index in [1.165, 1.54) is 0 Å². The van der Waals surface area contributed by atoms with Crippen molar-refractivity contribution in [2.75, 3.05) is 0 Å². The summed E-state index contributed by atoms with van der Waals surface area (Å²) >= 11 is 0. The van der Waals surface area contributed by atoms with Crippen LogP contribution in [0.4, 0.5) is 0 Å². The van der Waals surface area contributed by atoms with Gasteiger partial charge in [-0.1, -0.05) is 6.07 Å². The second kappa shape index (κ2) is 5.85. The Labute approximate surface area is 133 Å². The van der Waals surface area contributed by atoms with Gasteiger partial charge in [0.05, 0.1) is 16.7 Å². The second-order valence-corrected chi connectivity index (χ2v) is 5.72. The molecule has 120 valence electrons. The first-order chi connectivity index (χ1) is 11.0. The van der Waals surface area contributed by atoms with Gasteiger partial charge in [0.25, 0.3) is 0 Å². The highest BCUT2D eigenvalue weighted by Gasteiger charge is 2.21. The van der Waals surface area contributed by atoms with Crippen LogP contribution in [0, 0.1) is 20.8 Å². The average Bonchev–Trinajstić information content (AvgIpc) is 3.05. The number of aryl methyl sites for hydroxylation is 3. The number of aromatic amines is 2. The number of carbonyl (C=O) groups is 1. The maximum absolute atomic E-state index is 12.3. The molecule has 1 aromatic carbocycles. The zero-order valence-electron chi connectivity index (χ0n) is 13.4. The van der Waals surface area contributed by atoms with E-state index in [0.717, 1.165) is 39.4 Å². The van der Waals surface area contributed by atoms with Gasteiger partial charge in [0.15, 0.2) is 0 Å². The molecule has 2 heterocycles. The molecule has 0 aliphatic rings. The highest BCUT2D eigenvalue weighted by Crippen LogP contribution is 2.18. The predicted octanol–water partition coefficient (Wildman–Crippen LogP) is 1.53. The highest BCUT2D eigenvalue weighted by molar-refractivity contribution is 5.83. The number of carbonyl (C=O) groups excluding carboxylic acids is 1. The maximum atomic E-state index is 12.3.